The Morgan fingerprint density at radius 2 is 2.05 bits per heavy atom. The second-order valence-corrected chi connectivity index (χ2v) is 6.04. The molecule has 0 aromatic carbocycles. The molecule has 4 nitrogen and oxygen atoms in total. The summed E-state index contributed by atoms with van der Waals surface area (Å²) in [5, 5.41) is 6.30. The van der Waals surface area contributed by atoms with Crippen molar-refractivity contribution < 1.29 is 0 Å². The Labute approximate surface area is 125 Å². The fraction of sp³-hybridized carbons (Fsp3) is 0.462. The Hall–Kier alpha value is -1.01. The van der Waals surface area contributed by atoms with Gasteiger partial charge in [-0.05, 0) is 36.2 Å². The lowest BCUT2D eigenvalue weighted by Crippen LogP contribution is -2.06. The molecule has 2 aromatic rings. The lowest BCUT2D eigenvalue weighted by Gasteiger charge is -2.10. The molecule has 6 heteroatoms. The summed E-state index contributed by atoms with van der Waals surface area (Å²) in [6.07, 6.45) is 1.98. The molecule has 0 aliphatic heterocycles. The number of aryl methyl sites for hydroxylation is 2. The van der Waals surface area contributed by atoms with Gasteiger partial charge in [0.1, 0.15) is 11.5 Å². The monoisotopic (exact) mass is 340 g/mol. The number of rotatable bonds is 5. The van der Waals surface area contributed by atoms with Crippen LogP contribution < -0.4 is 5.32 Å². The average Bonchev–Trinajstić information content (AvgIpc) is 2.81. The number of nitrogens with zero attached hydrogens (tertiary/aromatic N) is 3. The molecule has 0 atom stereocenters. The number of halogens is 1. The number of thiazole rings is 1. The van der Waals surface area contributed by atoms with Crippen LogP contribution in [0.4, 0.5) is 5.82 Å². The average molecular weight is 341 g/mol. The van der Waals surface area contributed by atoms with Gasteiger partial charge in [0.05, 0.1) is 15.2 Å². The first kappa shape index (κ1) is 14.4. The predicted octanol–water partition coefficient (Wildman–Crippen LogP) is 4.06. The molecule has 0 amide bonds. The van der Waals surface area contributed by atoms with E-state index in [1.807, 2.05) is 12.3 Å². The van der Waals surface area contributed by atoms with Crippen molar-refractivity contribution >= 4 is 33.1 Å². The third kappa shape index (κ3) is 3.30. The maximum Gasteiger partial charge on any atom is 0.181 e. The molecule has 0 aliphatic carbocycles. The second-order valence-electron chi connectivity index (χ2n) is 4.19. The van der Waals surface area contributed by atoms with Gasteiger partial charge < -0.3 is 5.32 Å². The van der Waals surface area contributed by atoms with Crippen molar-refractivity contribution in [3.05, 3.63) is 20.6 Å². The number of anilines is 1. The van der Waals surface area contributed by atoms with Crippen molar-refractivity contribution in [3.8, 4) is 11.5 Å². The van der Waals surface area contributed by atoms with E-state index in [-0.39, 0.29) is 0 Å². The highest BCUT2D eigenvalue weighted by atomic mass is 79.9. The van der Waals surface area contributed by atoms with Crippen LogP contribution >= 0.6 is 27.3 Å². The first-order valence-electron chi connectivity index (χ1n) is 6.38. The lowest BCUT2D eigenvalue weighted by atomic mass is 10.2. The van der Waals surface area contributed by atoms with Crippen LogP contribution in [0, 0.1) is 6.92 Å². The SMILES string of the molecule is CCCc1nc(-c2csc(C)n2)nc(NCC)c1Br. The molecule has 0 radical (unpaired) electrons. The third-order valence-electron chi connectivity index (χ3n) is 2.60. The highest BCUT2D eigenvalue weighted by Gasteiger charge is 2.14. The van der Waals surface area contributed by atoms with Crippen LogP contribution in [0.2, 0.25) is 0 Å². The molecule has 0 saturated carbocycles. The molecular weight excluding hydrogens is 324 g/mol. The molecule has 0 bridgehead atoms. The molecule has 0 spiro atoms. The number of hydrogen-bond donors (Lipinski definition) is 1. The van der Waals surface area contributed by atoms with E-state index in [0.717, 1.165) is 46.1 Å². The maximum absolute atomic E-state index is 4.63. The van der Waals surface area contributed by atoms with E-state index < -0.39 is 0 Å². The molecule has 2 rings (SSSR count). The van der Waals surface area contributed by atoms with Gasteiger partial charge in [-0.1, -0.05) is 13.3 Å². The Morgan fingerprint density at radius 3 is 2.63 bits per heavy atom. The van der Waals surface area contributed by atoms with Gasteiger partial charge in [-0.2, -0.15) is 0 Å². The summed E-state index contributed by atoms with van der Waals surface area (Å²) in [6.45, 7) is 7.02. The second kappa shape index (κ2) is 6.43. The van der Waals surface area contributed by atoms with Crippen LogP contribution in [0.25, 0.3) is 11.5 Å². The summed E-state index contributed by atoms with van der Waals surface area (Å²) in [5.74, 6) is 1.55. The molecule has 19 heavy (non-hydrogen) atoms. The smallest absolute Gasteiger partial charge is 0.181 e. The van der Waals surface area contributed by atoms with E-state index in [1.165, 1.54) is 0 Å². The van der Waals surface area contributed by atoms with Crippen molar-refractivity contribution in [2.75, 3.05) is 11.9 Å². The molecular formula is C13H17BrN4S. The van der Waals surface area contributed by atoms with Crippen LogP contribution in [0.15, 0.2) is 9.85 Å². The van der Waals surface area contributed by atoms with Gasteiger partial charge in [0.25, 0.3) is 0 Å². The summed E-state index contributed by atoms with van der Waals surface area (Å²) in [7, 11) is 0. The molecule has 2 aromatic heterocycles. The van der Waals surface area contributed by atoms with Crippen LogP contribution in [0.5, 0.6) is 0 Å². The minimum Gasteiger partial charge on any atom is -0.369 e. The number of nitrogens with one attached hydrogen (secondary N) is 1. The normalized spacial score (nSPS) is 10.7. The largest absolute Gasteiger partial charge is 0.369 e. The summed E-state index contributed by atoms with van der Waals surface area (Å²) in [6, 6.07) is 0. The van der Waals surface area contributed by atoms with E-state index in [4.69, 9.17) is 0 Å². The van der Waals surface area contributed by atoms with E-state index in [1.54, 1.807) is 11.3 Å². The molecule has 0 saturated heterocycles. The maximum atomic E-state index is 4.63. The zero-order chi connectivity index (χ0) is 13.8. The standard InChI is InChI=1S/C13H17BrN4S/c1-4-6-9-11(14)13(15-5-2)18-12(17-9)10-7-19-8(3)16-10/h7H,4-6H2,1-3H3,(H,15,17,18). The topological polar surface area (TPSA) is 50.7 Å². The van der Waals surface area contributed by atoms with Gasteiger partial charge in [-0.15, -0.1) is 11.3 Å². The van der Waals surface area contributed by atoms with Crippen molar-refractivity contribution in [1.82, 2.24) is 15.0 Å². The Balaban J connectivity index is 2.48. The Kier molecular flexibility index (Phi) is 4.87. The highest BCUT2D eigenvalue weighted by Crippen LogP contribution is 2.28. The minimum atomic E-state index is 0.701. The fourth-order valence-electron chi connectivity index (χ4n) is 1.76. The summed E-state index contributed by atoms with van der Waals surface area (Å²) < 4.78 is 0.965. The molecule has 0 aliphatic rings. The minimum absolute atomic E-state index is 0.701. The van der Waals surface area contributed by atoms with E-state index in [0.29, 0.717) is 5.82 Å². The van der Waals surface area contributed by atoms with Crippen LogP contribution in [-0.4, -0.2) is 21.5 Å². The molecule has 102 valence electrons. The van der Waals surface area contributed by atoms with Gasteiger partial charge in [-0.25, -0.2) is 15.0 Å². The summed E-state index contributed by atoms with van der Waals surface area (Å²) in [4.78, 5) is 13.7. The van der Waals surface area contributed by atoms with Crippen molar-refractivity contribution in [3.63, 3.8) is 0 Å². The van der Waals surface area contributed by atoms with Crippen molar-refractivity contribution in [1.29, 1.82) is 0 Å². The molecule has 0 fully saturated rings. The van der Waals surface area contributed by atoms with E-state index >= 15 is 0 Å². The van der Waals surface area contributed by atoms with Gasteiger partial charge in [0.2, 0.25) is 0 Å². The molecule has 0 unspecified atom stereocenters. The van der Waals surface area contributed by atoms with Crippen molar-refractivity contribution in [2.45, 2.75) is 33.6 Å². The summed E-state index contributed by atoms with van der Waals surface area (Å²) in [5.41, 5.74) is 1.89. The summed E-state index contributed by atoms with van der Waals surface area (Å²) >= 11 is 5.21. The Morgan fingerprint density at radius 1 is 1.26 bits per heavy atom. The van der Waals surface area contributed by atoms with Gasteiger partial charge >= 0.3 is 0 Å². The zero-order valence-electron chi connectivity index (χ0n) is 11.3. The van der Waals surface area contributed by atoms with Crippen LogP contribution in [0.3, 0.4) is 0 Å². The van der Waals surface area contributed by atoms with Crippen LogP contribution in [-0.2, 0) is 6.42 Å². The van der Waals surface area contributed by atoms with Gasteiger partial charge in [-0.3, -0.25) is 0 Å². The molecule has 1 N–H and O–H groups in total. The quantitative estimate of drug-likeness (QED) is 0.891. The lowest BCUT2D eigenvalue weighted by molar-refractivity contribution is 0.866. The van der Waals surface area contributed by atoms with E-state index in [2.05, 4.69) is 50.0 Å². The molecule has 2 heterocycles. The van der Waals surface area contributed by atoms with Gasteiger partial charge in [0, 0.05) is 11.9 Å². The van der Waals surface area contributed by atoms with Gasteiger partial charge in [0.15, 0.2) is 5.82 Å². The first-order valence-corrected chi connectivity index (χ1v) is 8.05. The Bertz CT molecular complexity index is 541. The number of hydrogen-bond acceptors (Lipinski definition) is 5. The number of aromatic nitrogens is 3. The van der Waals surface area contributed by atoms with Crippen LogP contribution in [0.1, 0.15) is 31.0 Å². The predicted molar refractivity (Wildman–Crippen MR) is 83.7 cm³/mol. The van der Waals surface area contributed by atoms with Crippen molar-refractivity contribution in [2.24, 2.45) is 0 Å². The third-order valence-corrected chi connectivity index (χ3v) is 4.21. The fourth-order valence-corrected chi connectivity index (χ4v) is 2.87. The highest BCUT2D eigenvalue weighted by molar-refractivity contribution is 9.10. The zero-order valence-corrected chi connectivity index (χ0v) is 13.7. The first-order chi connectivity index (χ1) is 9.15. The van der Waals surface area contributed by atoms with E-state index in [9.17, 15) is 0 Å².